The maximum atomic E-state index is 15.1. The van der Waals surface area contributed by atoms with Crippen molar-refractivity contribution in [2.24, 2.45) is 5.92 Å². The molecule has 57 heavy (non-hydrogen) atoms. The molecule has 0 radical (unpaired) electrons. The van der Waals surface area contributed by atoms with Gasteiger partial charge in [0.1, 0.15) is 23.5 Å². The number of hydrogen-bond donors (Lipinski definition) is 1. The Hall–Kier alpha value is -4.81. The number of hydrogen-bond acceptors (Lipinski definition) is 8. The Kier molecular flexibility index (Phi) is 10.0. The van der Waals surface area contributed by atoms with Crippen molar-refractivity contribution in [1.29, 1.82) is 0 Å². The van der Waals surface area contributed by atoms with E-state index in [2.05, 4.69) is 81.7 Å². The lowest BCUT2D eigenvalue weighted by molar-refractivity contribution is -0.116. The average molecular weight is 775 g/mol. The minimum absolute atomic E-state index is 0.0582. The number of nitrogens with zero attached hydrogens (tertiary/aromatic N) is 7. The fourth-order valence-electron chi connectivity index (χ4n) is 9.52. The first-order valence-electron chi connectivity index (χ1n) is 20.9. The molecule has 9 rings (SSSR count). The molecule has 5 heterocycles. The van der Waals surface area contributed by atoms with E-state index in [1.807, 2.05) is 30.5 Å². The number of benzene rings is 2. The third-order valence-corrected chi connectivity index (χ3v) is 12.8. The molecular formula is C45H55FN8O3. The molecule has 0 bridgehead atoms. The third-order valence-electron chi connectivity index (χ3n) is 12.8. The van der Waals surface area contributed by atoms with Gasteiger partial charge < -0.3 is 19.7 Å². The van der Waals surface area contributed by atoms with E-state index >= 15 is 4.39 Å². The maximum absolute atomic E-state index is 15.1. The normalized spacial score (nSPS) is 23.8. The lowest BCUT2D eigenvalue weighted by Gasteiger charge is -2.34. The maximum Gasteiger partial charge on any atom is 0.232 e. The molecule has 2 aliphatic carbocycles. The van der Waals surface area contributed by atoms with Crippen molar-refractivity contribution in [1.82, 2.24) is 29.3 Å². The number of amides is 1. The van der Waals surface area contributed by atoms with Crippen molar-refractivity contribution in [3.8, 4) is 11.4 Å². The van der Waals surface area contributed by atoms with E-state index in [0.717, 1.165) is 80.3 Å². The van der Waals surface area contributed by atoms with Gasteiger partial charge in [0.2, 0.25) is 11.9 Å². The van der Waals surface area contributed by atoms with Crippen LogP contribution in [0.25, 0.3) is 11.3 Å². The molecule has 11 nitrogen and oxygen atoms in total. The second-order valence-corrected chi connectivity index (χ2v) is 17.8. The van der Waals surface area contributed by atoms with Crippen LogP contribution in [-0.2, 0) is 26.9 Å². The molecule has 300 valence electrons. The molecule has 1 spiro atoms. The number of carbonyl (C=O) groups is 1. The molecule has 2 aliphatic heterocycles. The summed E-state index contributed by atoms with van der Waals surface area (Å²) in [7, 11) is 0. The third kappa shape index (κ3) is 7.66. The van der Waals surface area contributed by atoms with Crippen molar-refractivity contribution in [2.45, 2.75) is 109 Å². The van der Waals surface area contributed by atoms with Crippen molar-refractivity contribution < 1.29 is 18.7 Å². The van der Waals surface area contributed by atoms with Gasteiger partial charge in [-0.1, -0.05) is 45.0 Å². The van der Waals surface area contributed by atoms with Gasteiger partial charge in [0.05, 0.1) is 30.8 Å². The summed E-state index contributed by atoms with van der Waals surface area (Å²) in [5, 5.41) is 17.1. The molecule has 2 aromatic carbocycles. The standard InChI is InChI=1S/C45H55FN8O3/c1-30-9-7-8-18-52(30)43-49-48-40-14-13-35(29-53(40)43)57-38-16-17-45(37-11-6-5-10-36(37)38)27-32(45)12-15-42(55)47-41-26-39(44(2,3)4)50-54(41)34-24-31(23-33(46)25-34)28-51-19-21-56-22-20-51/h5-6,10-11,13-14,23-26,29-30,32,38H,7-9,12,15-22,27-28H2,1-4H3,(H,47,55)/t30-,32-,38+,45+/m0/s1. The quantitative estimate of drug-likeness (QED) is 0.152. The number of anilines is 2. The minimum atomic E-state index is -0.325. The molecule has 12 heteroatoms. The first-order chi connectivity index (χ1) is 27.5. The minimum Gasteiger partial charge on any atom is -0.484 e. The highest BCUT2D eigenvalue weighted by Crippen LogP contribution is 2.63. The van der Waals surface area contributed by atoms with Gasteiger partial charge >= 0.3 is 0 Å². The summed E-state index contributed by atoms with van der Waals surface area (Å²) in [6.45, 7) is 13.1. The summed E-state index contributed by atoms with van der Waals surface area (Å²) < 4.78 is 31.1. The lowest BCUT2D eigenvalue weighted by Crippen LogP contribution is -2.38. The van der Waals surface area contributed by atoms with Gasteiger partial charge in [-0.3, -0.25) is 14.1 Å². The second kappa shape index (κ2) is 15.2. The Labute approximate surface area is 334 Å². The molecule has 4 atom stereocenters. The van der Waals surface area contributed by atoms with Crippen LogP contribution >= 0.6 is 0 Å². The average Bonchev–Trinajstić information content (AvgIpc) is 3.47. The number of pyridine rings is 1. The number of carbonyl (C=O) groups excluding carboxylic acids is 1. The van der Waals surface area contributed by atoms with Crippen molar-refractivity contribution >= 4 is 23.3 Å². The van der Waals surface area contributed by atoms with Gasteiger partial charge in [0.15, 0.2) is 5.65 Å². The summed E-state index contributed by atoms with van der Waals surface area (Å²) in [5.74, 6) is 2.29. The zero-order valence-corrected chi connectivity index (χ0v) is 33.7. The summed E-state index contributed by atoms with van der Waals surface area (Å²) >= 11 is 0. The number of nitrogens with one attached hydrogen (secondary N) is 1. The second-order valence-electron chi connectivity index (χ2n) is 17.8. The first-order valence-corrected chi connectivity index (χ1v) is 20.9. The SMILES string of the molecule is C[C@H]1CCCCN1c1nnc2ccc(O[C@@H]3CC[C@]4(C[C@@H]4CCC(=O)Nc4cc(C(C)(C)C)nn4-c4cc(F)cc(CN5CCOCC5)c4)c4ccccc43)cn12. The lowest BCUT2D eigenvalue weighted by atomic mass is 9.76. The van der Waals surface area contributed by atoms with Gasteiger partial charge in [-0.25, -0.2) is 9.07 Å². The fourth-order valence-corrected chi connectivity index (χ4v) is 9.52. The van der Waals surface area contributed by atoms with Crippen LogP contribution in [0.3, 0.4) is 0 Å². The van der Waals surface area contributed by atoms with E-state index in [4.69, 9.17) is 14.6 Å². The number of morpholine rings is 1. The van der Waals surface area contributed by atoms with Crippen LogP contribution in [0, 0.1) is 11.7 Å². The van der Waals surface area contributed by atoms with Crippen LogP contribution in [0.5, 0.6) is 5.75 Å². The number of halogens is 1. The van der Waals surface area contributed by atoms with Gasteiger partial charge in [-0.15, -0.1) is 10.2 Å². The summed E-state index contributed by atoms with van der Waals surface area (Å²) in [6.07, 6.45) is 9.74. The van der Waals surface area contributed by atoms with Gasteiger partial charge in [0, 0.05) is 50.1 Å². The number of rotatable bonds is 10. The molecule has 2 saturated heterocycles. The van der Waals surface area contributed by atoms with Gasteiger partial charge in [0.25, 0.3) is 0 Å². The number of aromatic nitrogens is 5. The van der Waals surface area contributed by atoms with Crippen LogP contribution in [0.2, 0.25) is 0 Å². The molecule has 4 aliphatic rings. The Morgan fingerprint density at radius 3 is 2.68 bits per heavy atom. The number of piperidine rings is 1. The van der Waals surface area contributed by atoms with Crippen LogP contribution in [0.4, 0.5) is 16.2 Å². The Morgan fingerprint density at radius 2 is 1.86 bits per heavy atom. The van der Waals surface area contributed by atoms with Crippen molar-refractivity contribution in [3.05, 3.63) is 95.1 Å². The van der Waals surface area contributed by atoms with Crippen LogP contribution in [0.1, 0.15) is 108 Å². The van der Waals surface area contributed by atoms with E-state index in [1.165, 1.54) is 30.0 Å². The van der Waals surface area contributed by atoms with E-state index < -0.39 is 0 Å². The molecule has 1 amide bonds. The highest BCUT2D eigenvalue weighted by Gasteiger charge is 2.57. The monoisotopic (exact) mass is 774 g/mol. The molecular weight excluding hydrogens is 720 g/mol. The zero-order chi connectivity index (χ0) is 39.3. The molecule has 0 unspecified atom stereocenters. The zero-order valence-electron chi connectivity index (χ0n) is 33.7. The van der Waals surface area contributed by atoms with Gasteiger partial charge in [-0.05, 0) is 110 Å². The van der Waals surface area contributed by atoms with Crippen LogP contribution in [0.15, 0.2) is 66.9 Å². The smallest absolute Gasteiger partial charge is 0.232 e. The van der Waals surface area contributed by atoms with E-state index in [9.17, 15) is 4.79 Å². The highest BCUT2D eigenvalue weighted by molar-refractivity contribution is 5.90. The summed E-state index contributed by atoms with van der Waals surface area (Å²) in [4.78, 5) is 18.3. The first kappa shape index (κ1) is 37.7. The van der Waals surface area contributed by atoms with E-state index in [0.29, 0.717) is 49.6 Å². The fraction of sp³-hybridized carbons (Fsp3) is 0.511. The molecule has 3 aromatic heterocycles. The Balaban J connectivity index is 0.878. The molecule has 1 N–H and O–H groups in total. The van der Waals surface area contributed by atoms with Crippen LogP contribution < -0.4 is 15.0 Å². The number of ether oxygens (including phenoxy) is 2. The predicted molar refractivity (Wildman–Crippen MR) is 219 cm³/mol. The highest BCUT2D eigenvalue weighted by atomic mass is 19.1. The van der Waals surface area contributed by atoms with E-state index in [-0.39, 0.29) is 28.7 Å². The van der Waals surface area contributed by atoms with Crippen LogP contribution in [-0.4, -0.2) is 74.1 Å². The van der Waals surface area contributed by atoms with Crippen molar-refractivity contribution in [3.63, 3.8) is 0 Å². The van der Waals surface area contributed by atoms with Crippen molar-refractivity contribution in [2.75, 3.05) is 43.1 Å². The Morgan fingerprint density at radius 1 is 1.02 bits per heavy atom. The summed E-state index contributed by atoms with van der Waals surface area (Å²) in [5.41, 5.74) is 5.51. The number of fused-ring (bicyclic) bond motifs is 3. The molecule has 1 saturated carbocycles. The predicted octanol–water partition coefficient (Wildman–Crippen LogP) is 8.15. The Bertz CT molecular complexity index is 2260. The molecule has 5 aromatic rings. The molecule has 3 fully saturated rings. The van der Waals surface area contributed by atoms with E-state index in [1.54, 1.807) is 10.7 Å². The largest absolute Gasteiger partial charge is 0.484 e. The topological polar surface area (TPSA) is 102 Å². The summed E-state index contributed by atoms with van der Waals surface area (Å²) in [6, 6.07) is 20.1. The van der Waals surface area contributed by atoms with Gasteiger partial charge in [-0.2, -0.15) is 5.10 Å².